The van der Waals surface area contributed by atoms with Crippen LogP contribution in [0.4, 0.5) is 0 Å². The first-order valence-corrected chi connectivity index (χ1v) is 3.70. The molecule has 0 radical (unpaired) electrons. The van der Waals surface area contributed by atoms with Gasteiger partial charge in [0, 0.05) is 11.8 Å². The zero-order chi connectivity index (χ0) is 8.43. The van der Waals surface area contributed by atoms with E-state index in [1.165, 1.54) is 0 Å². The van der Waals surface area contributed by atoms with Crippen molar-refractivity contribution in [1.29, 1.82) is 0 Å². The Morgan fingerprint density at radius 1 is 1.00 bits per heavy atom. The molecule has 4 N–H and O–H groups in total. The van der Waals surface area contributed by atoms with E-state index in [9.17, 15) is 9.59 Å². The van der Waals surface area contributed by atoms with Gasteiger partial charge in [-0.1, -0.05) is 0 Å². The van der Waals surface area contributed by atoms with E-state index >= 15 is 0 Å². The van der Waals surface area contributed by atoms with Crippen LogP contribution >= 0.6 is 0 Å². The molecule has 4 heteroatoms. The molecule has 62 valence electrons. The van der Waals surface area contributed by atoms with Gasteiger partial charge in [0.1, 0.15) is 0 Å². The molecule has 1 rings (SSSR count). The van der Waals surface area contributed by atoms with Crippen molar-refractivity contribution in [2.75, 3.05) is 0 Å². The van der Waals surface area contributed by atoms with Gasteiger partial charge in [-0.05, 0) is 19.3 Å². The van der Waals surface area contributed by atoms with E-state index in [1.807, 2.05) is 0 Å². The van der Waals surface area contributed by atoms with Crippen LogP contribution in [0.15, 0.2) is 0 Å². The summed E-state index contributed by atoms with van der Waals surface area (Å²) >= 11 is 0. The van der Waals surface area contributed by atoms with Crippen molar-refractivity contribution in [3.05, 3.63) is 0 Å². The van der Waals surface area contributed by atoms with Gasteiger partial charge in [-0.2, -0.15) is 0 Å². The zero-order valence-electron chi connectivity index (χ0n) is 6.25. The number of carbonyl (C=O) groups is 2. The molecule has 1 aliphatic rings. The third-order valence-corrected chi connectivity index (χ3v) is 2.24. The zero-order valence-corrected chi connectivity index (χ0v) is 6.25. The number of nitrogens with two attached hydrogens (primary N) is 2. The smallest absolute Gasteiger partial charge is 0.220 e. The number of primary amides is 2. The molecule has 0 aromatic rings. The summed E-state index contributed by atoms with van der Waals surface area (Å²) in [6.45, 7) is 0. The second kappa shape index (κ2) is 2.90. The van der Waals surface area contributed by atoms with Gasteiger partial charge in [-0.3, -0.25) is 9.59 Å². The molecule has 2 amide bonds. The maximum Gasteiger partial charge on any atom is 0.220 e. The van der Waals surface area contributed by atoms with E-state index in [0.717, 1.165) is 0 Å². The molecule has 1 fully saturated rings. The monoisotopic (exact) mass is 156 g/mol. The lowest BCUT2D eigenvalue weighted by Crippen LogP contribution is -2.24. The molecule has 0 unspecified atom stereocenters. The molecule has 2 atom stereocenters. The Balaban J connectivity index is 2.47. The van der Waals surface area contributed by atoms with E-state index in [0.29, 0.717) is 19.3 Å². The lowest BCUT2D eigenvalue weighted by molar-refractivity contribution is -0.122. The molecule has 0 aromatic heterocycles. The van der Waals surface area contributed by atoms with Crippen LogP contribution in [-0.2, 0) is 9.59 Å². The van der Waals surface area contributed by atoms with Gasteiger partial charge in [0.25, 0.3) is 0 Å². The Labute approximate surface area is 64.9 Å². The minimum absolute atomic E-state index is 0.132. The normalized spacial score (nSPS) is 30.2. The van der Waals surface area contributed by atoms with Gasteiger partial charge in [0.15, 0.2) is 0 Å². The van der Waals surface area contributed by atoms with Crippen LogP contribution in [0.25, 0.3) is 0 Å². The highest BCUT2D eigenvalue weighted by molar-refractivity contribution is 5.81. The minimum Gasteiger partial charge on any atom is -0.369 e. The summed E-state index contributed by atoms with van der Waals surface area (Å²) in [7, 11) is 0. The molecule has 0 aromatic carbocycles. The average molecular weight is 156 g/mol. The SMILES string of the molecule is NC(=O)[C@H]1CC[C@H](C(N)=O)C1. The van der Waals surface area contributed by atoms with Crippen molar-refractivity contribution in [2.45, 2.75) is 19.3 Å². The Kier molecular flexibility index (Phi) is 2.12. The van der Waals surface area contributed by atoms with Gasteiger partial charge in [0.2, 0.25) is 11.8 Å². The predicted molar refractivity (Wildman–Crippen MR) is 39.2 cm³/mol. The summed E-state index contributed by atoms with van der Waals surface area (Å²) in [6.07, 6.45) is 1.97. The highest BCUT2D eigenvalue weighted by Gasteiger charge is 2.31. The Bertz CT molecular complexity index is 171. The number of hydrogen-bond acceptors (Lipinski definition) is 2. The van der Waals surface area contributed by atoms with Crippen LogP contribution in [0, 0.1) is 11.8 Å². The molecule has 4 nitrogen and oxygen atoms in total. The molecule has 0 aliphatic heterocycles. The lowest BCUT2D eigenvalue weighted by atomic mass is 10.0. The topological polar surface area (TPSA) is 86.2 Å². The summed E-state index contributed by atoms with van der Waals surface area (Å²) < 4.78 is 0. The second-order valence-electron chi connectivity index (χ2n) is 3.01. The first kappa shape index (κ1) is 8.04. The highest BCUT2D eigenvalue weighted by Crippen LogP contribution is 2.29. The fourth-order valence-corrected chi connectivity index (χ4v) is 1.50. The van der Waals surface area contributed by atoms with Gasteiger partial charge >= 0.3 is 0 Å². The Morgan fingerprint density at radius 3 is 1.55 bits per heavy atom. The molecule has 0 spiro atoms. The fraction of sp³-hybridized carbons (Fsp3) is 0.714. The van der Waals surface area contributed by atoms with Crippen molar-refractivity contribution >= 4 is 11.8 Å². The third-order valence-electron chi connectivity index (χ3n) is 2.24. The molecule has 0 bridgehead atoms. The molecular weight excluding hydrogens is 144 g/mol. The molecule has 1 aliphatic carbocycles. The molecular formula is C7H12N2O2. The summed E-state index contributed by atoms with van der Waals surface area (Å²) in [5.41, 5.74) is 10.1. The van der Waals surface area contributed by atoms with E-state index in [2.05, 4.69) is 0 Å². The van der Waals surface area contributed by atoms with Crippen LogP contribution in [0.3, 0.4) is 0 Å². The number of hydrogen-bond donors (Lipinski definition) is 2. The molecule has 0 saturated heterocycles. The lowest BCUT2D eigenvalue weighted by Gasteiger charge is -2.03. The maximum absolute atomic E-state index is 10.6. The standard InChI is InChI=1S/C7H12N2O2/c8-6(10)4-1-2-5(3-4)7(9)11/h4-5H,1-3H2,(H2,8,10)(H2,9,11)/t4-,5-/m0/s1. The fourth-order valence-electron chi connectivity index (χ4n) is 1.50. The predicted octanol–water partition coefficient (Wildman–Crippen LogP) is -0.627. The largest absolute Gasteiger partial charge is 0.369 e. The summed E-state index contributed by atoms with van der Waals surface area (Å²) in [6, 6.07) is 0. The van der Waals surface area contributed by atoms with Crippen molar-refractivity contribution in [3.8, 4) is 0 Å². The van der Waals surface area contributed by atoms with E-state index in [1.54, 1.807) is 0 Å². The maximum atomic E-state index is 10.6. The van der Waals surface area contributed by atoms with Gasteiger partial charge in [-0.15, -0.1) is 0 Å². The molecule has 11 heavy (non-hydrogen) atoms. The van der Waals surface area contributed by atoms with E-state index in [-0.39, 0.29) is 23.7 Å². The van der Waals surface area contributed by atoms with Crippen LogP contribution in [0.1, 0.15) is 19.3 Å². The van der Waals surface area contributed by atoms with Crippen LogP contribution in [0.5, 0.6) is 0 Å². The quantitative estimate of drug-likeness (QED) is 0.557. The third kappa shape index (κ3) is 1.69. The summed E-state index contributed by atoms with van der Waals surface area (Å²) in [4.78, 5) is 21.3. The van der Waals surface area contributed by atoms with Crippen molar-refractivity contribution < 1.29 is 9.59 Å². The average Bonchev–Trinajstić information content (AvgIpc) is 2.33. The van der Waals surface area contributed by atoms with E-state index < -0.39 is 0 Å². The first-order chi connectivity index (χ1) is 5.11. The van der Waals surface area contributed by atoms with Gasteiger partial charge in [0.05, 0.1) is 0 Å². The Morgan fingerprint density at radius 2 is 1.36 bits per heavy atom. The van der Waals surface area contributed by atoms with Gasteiger partial charge in [-0.25, -0.2) is 0 Å². The Hall–Kier alpha value is -1.06. The van der Waals surface area contributed by atoms with Crippen LogP contribution in [0.2, 0.25) is 0 Å². The number of amides is 2. The number of carbonyl (C=O) groups excluding carboxylic acids is 2. The van der Waals surface area contributed by atoms with Crippen LogP contribution < -0.4 is 11.5 Å². The summed E-state index contributed by atoms with van der Waals surface area (Å²) in [5, 5.41) is 0. The van der Waals surface area contributed by atoms with Gasteiger partial charge < -0.3 is 11.5 Å². The van der Waals surface area contributed by atoms with Crippen LogP contribution in [-0.4, -0.2) is 11.8 Å². The van der Waals surface area contributed by atoms with E-state index in [4.69, 9.17) is 11.5 Å². The van der Waals surface area contributed by atoms with Crippen molar-refractivity contribution in [1.82, 2.24) is 0 Å². The highest BCUT2D eigenvalue weighted by atomic mass is 16.1. The van der Waals surface area contributed by atoms with Crippen molar-refractivity contribution in [2.24, 2.45) is 23.3 Å². The first-order valence-electron chi connectivity index (χ1n) is 3.70. The number of rotatable bonds is 2. The molecule has 0 heterocycles. The minimum atomic E-state index is -0.311. The molecule has 1 saturated carbocycles. The summed E-state index contributed by atoms with van der Waals surface area (Å²) in [5.74, 6) is -0.887. The van der Waals surface area contributed by atoms with Crippen molar-refractivity contribution in [3.63, 3.8) is 0 Å². The second-order valence-corrected chi connectivity index (χ2v) is 3.01.